The maximum atomic E-state index is 13.4. The molecule has 0 saturated heterocycles. The van der Waals surface area contributed by atoms with Crippen LogP contribution in [0.2, 0.25) is 5.02 Å². The van der Waals surface area contributed by atoms with Gasteiger partial charge in [0.1, 0.15) is 5.82 Å². The molecule has 1 nitrogen and oxygen atoms in total. The molecular weight excluding hydrogens is 213 g/mol. The highest BCUT2D eigenvalue weighted by Gasteiger charge is 2.12. The lowest BCUT2D eigenvalue weighted by atomic mass is 9.98. The summed E-state index contributed by atoms with van der Waals surface area (Å²) < 4.78 is 13.4. The maximum Gasteiger partial charge on any atom is 0.127 e. The molecule has 0 bridgehead atoms. The van der Waals surface area contributed by atoms with E-state index < -0.39 is 0 Å². The minimum atomic E-state index is -0.262. The highest BCUT2D eigenvalue weighted by atomic mass is 35.5. The van der Waals surface area contributed by atoms with E-state index in [1.165, 1.54) is 6.07 Å². The van der Waals surface area contributed by atoms with Gasteiger partial charge in [0.25, 0.3) is 0 Å². The molecule has 0 heterocycles. The molecule has 0 spiro atoms. The standard InChI is InChI=1S/C12H17ClFN/c1-8(2)6-9(15)7-10-11(13)4-3-5-12(10)14/h3-5,8-9H,6-7,15H2,1-2H3. The van der Waals surface area contributed by atoms with Crippen LogP contribution in [0.5, 0.6) is 0 Å². The first-order valence-electron chi connectivity index (χ1n) is 5.19. The van der Waals surface area contributed by atoms with Gasteiger partial charge < -0.3 is 5.73 Å². The first kappa shape index (κ1) is 12.5. The van der Waals surface area contributed by atoms with E-state index in [2.05, 4.69) is 13.8 Å². The van der Waals surface area contributed by atoms with Gasteiger partial charge >= 0.3 is 0 Å². The van der Waals surface area contributed by atoms with Crippen LogP contribution in [0.4, 0.5) is 4.39 Å². The number of halogens is 2. The molecule has 1 rings (SSSR count). The third-order valence-electron chi connectivity index (χ3n) is 2.30. The number of rotatable bonds is 4. The van der Waals surface area contributed by atoms with Crippen molar-refractivity contribution in [3.63, 3.8) is 0 Å². The zero-order valence-corrected chi connectivity index (χ0v) is 9.89. The van der Waals surface area contributed by atoms with Gasteiger partial charge in [-0.3, -0.25) is 0 Å². The van der Waals surface area contributed by atoms with Crippen LogP contribution in [0.25, 0.3) is 0 Å². The normalized spacial score (nSPS) is 13.2. The molecule has 84 valence electrons. The Hall–Kier alpha value is -0.600. The number of hydrogen-bond acceptors (Lipinski definition) is 1. The molecule has 0 aliphatic heterocycles. The van der Waals surface area contributed by atoms with Crippen LogP contribution in [0.1, 0.15) is 25.8 Å². The van der Waals surface area contributed by atoms with Gasteiger partial charge in [0, 0.05) is 16.6 Å². The Morgan fingerprint density at radius 3 is 2.60 bits per heavy atom. The van der Waals surface area contributed by atoms with E-state index in [9.17, 15) is 4.39 Å². The average Bonchev–Trinajstić information content (AvgIpc) is 2.10. The second kappa shape index (κ2) is 5.47. The topological polar surface area (TPSA) is 26.0 Å². The Bertz CT molecular complexity index is 305. The zero-order valence-electron chi connectivity index (χ0n) is 9.13. The first-order chi connectivity index (χ1) is 7.00. The summed E-state index contributed by atoms with van der Waals surface area (Å²) in [5.74, 6) is 0.257. The fourth-order valence-corrected chi connectivity index (χ4v) is 1.92. The van der Waals surface area contributed by atoms with Crippen LogP contribution < -0.4 is 5.73 Å². The van der Waals surface area contributed by atoms with E-state index in [4.69, 9.17) is 17.3 Å². The third kappa shape index (κ3) is 3.80. The first-order valence-corrected chi connectivity index (χ1v) is 5.57. The fourth-order valence-electron chi connectivity index (χ4n) is 1.68. The van der Waals surface area contributed by atoms with Crippen LogP contribution in [0.3, 0.4) is 0 Å². The van der Waals surface area contributed by atoms with Crippen LogP contribution in [0.15, 0.2) is 18.2 Å². The lowest BCUT2D eigenvalue weighted by Crippen LogP contribution is -2.25. The predicted octanol–water partition coefficient (Wildman–Crippen LogP) is 3.40. The summed E-state index contributed by atoms with van der Waals surface area (Å²) in [4.78, 5) is 0. The van der Waals surface area contributed by atoms with E-state index in [0.29, 0.717) is 22.9 Å². The van der Waals surface area contributed by atoms with Crippen molar-refractivity contribution in [3.05, 3.63) is 34.6 Å². The molecular formula is C12H17ClFN. The van der Waals surface area contributed by atoms with Crippen molar-refractivity contribution in [2.24, 2.45) is 11.7 Å². The molecule has 1 unspecified atom stereocenters. The summed E-state index contributed by atoms with van der Waals surface area (Å²) in [6, 6.07) is 4.69. The molecule has 2 N–H and O–H groups in total. The molecule has 0 aliphatic carbocycles. The summed E-state index contributed by atoms with van der Waals surface area (Å²) in [5.41, 5.74) is 6.45. The van der Waals surface area contributed by atoms with Gasteiger partial charge in [0.15, 0.2) is 0 Å². The van der Waals surface area contributed by atoms with Crippen LogP contribution in [-0.2, 0) is 6.42 Å². The van der Waals surface area contributed by atoms with Crippen LogP contribution >= 0.6 is 11.6 Å². The molecule has 1 aromatic rings. The zero-order chi connectivity index (χ0) is 11.4. The molecule has 3 heteroatoms. The molecule has 1 atom stereocenters. The second-order valence-corrected chi connectivity index (χ2v) is 4.70. The van der Waals surface area contributed by atoms with Crippen molar-refractivity contribution < 1.29 is 4.39 Å². The minimum absolute atomic E-state index is 0.0283. The number of nitrogens with two attached hydrogens (primary N) is 1. The Balaban J connectivity index is 2.71. The SMILES string of the molecule is CC(C)CC(N)Cc1c(F)cccc1Cl. The van der Waals surface area contributed by atoms with Crippen molar-refractivity contribution in [1.82, 2.24) is 0 Å². The number of hydrogen-bond donors (Lipinski definition) is 1. The van der Waals surface area contributed by atoms with Crippen molar-refractivity contribution in [2.75, 3.05) is 0 Å². The highest BCUT2D eigenvalue weighted by Crippen LogP contribution is 2.21. The average molecular weight is 230 g/mol. The Kier molecular flexibility index (Phi) is 4.55. The van der Waals surface area contributed by atoms with E-state index in [1.54, 1.807) is 12.1 Å². The molecule has 0 radical (unpaired) electrons. The van der Waals surface area contributed by atoms with Gasteiger partial charge in [-0.1, -0.05) is 31.5 Å². The third-order valence-corrected chi connectivity index (χ3v) is 2.66. The lowest BCUT2D eigenvalue weighted by molar-refractivity contribution is 0.485. The lowest BCUT2D eigenvalue weighted by Gasteiger charge is -2.15. The van der Waals surface area contributed by atoms with Crippen molar-refractivity contribution in [1.29, 1.82) is 0 Å². The smallest absolute Gasteiger partial charge is 0.127 e. The van der Waals surface area contributed by atoms with Gasteiger partial charge in [0.2, 0.25) is 0 Å². The summed E-state index contributed by atoms with van der Waals surface area (Å²) in [7, 11) is 0. The molecule has 0 fully saturated rings. The summed E-state index contributed by atoms with van der Waals surface area (Å²) in [6.07, 6.45) is 1.38. The van der Waals surface area contributed by atoms with Crippen molar-refractivity contribution in [2.45, 2.75) is 32.7 Å². The van der Waals surface area contributed by atoms with Gasteiger partial charge in [-0.15, -0.1) is 0 Å². The predicted molar refractivity (Wildman–Crippen MR) is 62.5 cm³/mol. The second-order valence-electron chi connectivity index (χ2n) is 4.29. The van der Waals surface area contributed by atoms with E-state index in [1.807, 2.05) is 0 Å². The summed E-state index contributed by atoms with van der Waals surface area (Å²) >= 11 is 5.91. The Labute approximate surface area is 95.4 Å². The Morgan fingerprint density at radius 2 is 2.07 bits per heavy atom. The summed E-state index contributed by atoms with van der Waals surface area (Å²) in [6.45, 7) is 4.20. The Morgan fingerprint density at radius 1 is 1.40 bits per heavy atom. The van der Waals surface area contributed by atoms with Crippen molar-refractivity contribution in [3.8, 4) is 0 Å². The van der Waals surface area contributed by atoms with Crippen LogP contribution in [0, 0.1) is 11.7 Å². The monoisotopic (exact) mass is 229 g/mol. The quantitative estimate of drug-likeness (QED) is 0.842. The molecule has 0 amide bonds. The van der Waals surface area contributed by atoms with E-state index in [-0.39, 0.29) is 11.9 Å². The minimum Gasteiger partial charge on any atom is -0.327 e. The summed E-state index contributed by atoms with van der Waals surface area (Å²) in [5, 5.41) is 0.467. The molecule has 1 aromatic carbocycles. The molecule has 0 aromatic heterocycles. The highest BCUT2D eigenvalue weighted by molar-refractivity contribution is 6.31. The molecule has 0 saturated carbocycles. The van der Waals surface area contributed by atoms with Gasteiger partial charge in [-0.2, -0.15) is 0 Å². The van der Waals surface area contributed by atoms with Crippen molar-refractivity contribution >= 4 is 11.6 Å². The van der Waals surface area contributed by atoms with Gasteiger partial charge in [0.05, 0.1) is 0 Å². The number of benzene rings is 1. The molecule has 15 heavy (non-hydrogen) atoms. The van der Waals surface area contributed by atoms with E-state index >= 15 is 0 Å². The van der Waals surface area contributed by atoms with Gasteiger partial charge in [-0.05, 0) is 30.9 Å². The van der Waals surface area contributed by atoms with E-state index in [0.717, 1.165) is 6.42 Å². The maximum absolute atomic E-state index is 13.4. The van der Waals surface area contributed by atoms with Crippen LogP contribution in [-0.4, -0.2) is 6.04 Å². The molecule has 0 aliphatic rings. The van der Waals surface area contributed by atoms with Gasteiger partial charge in [-0.25, -0.2) is 4.39 Å². The largest absolute Gasteiger partial charge is 0.327 e. The fraction of sp³-hybridized carbons (Fsp3) is 0.500.